The molecule has 278 valence electrons. The van der Waals surface area contributed by atoms with Crippen molar-refractivity contribution in [2.75, 3.05) is 31.0 Å². The van der Waals surface area contributed by atoms with Crippen LogP contribution in [0.3, 0.4) is 0 Å². The number of nitrogens with zero attached hydrogens (tertiary/aromatic N) is 4. The Morgan fingerprint density at radius 3 is 2.30 bits per heavy atom. The maximum Gasteiger partial charge on any atom is 0.262 e. The molecule has 0 bridgehead atoms. The lowest BCUT2D eigenvalue weighted by molar-refractivity contribution is -0.136. The third-order valence-corrected chi connectivity index (χ3v) is 9.89. The summed E-state index contributed by atoms with van der Waals surface area (Å²) >= 11 is 5.64. The van der Waals surface area contributed by atoms with Crippen molar-refractivity contribution >= 4 is 40.9 Å². The molecule has 3 heterocycles. The number of fused-ring (bicyclic) bond motifs is 1. The minimum atomic E-state index is -0.990. The molecule has 1 unspecified atom stereocenters. The highest BCUT2D eigenvalue weighted by Crippen LogP contribution is 2.34. The standard InChI is InChI=1S/C39H43ClN6O7/c1-39(2,26-8-13-31(14-9-26)53-24-29(47)22-40)25-6-11-30(12-7-25)52-20-3-5-28-23-45(44-43-28)19-4-18-41-27-10-15-32-33(21-27)38(51)46(37(32)50)34-16-17-35(48)42-36(34)49/h6-15,21,23,29,34,41,47H,3-5,16-20,22,24H2,1-2H3,(H,42,48,49)/t29-,34?/m1/s1. The Bertz CT molecular complexity index is 1950. The van der Waals surface area contributed by atoms with Crippen molar-refractivity contribution in [3.63, 3.8) is 0 Å². The van der Waals surface area contributed by atoms with Gasteiger partial charge in [0.1, 0.15) is 30.3 Å². The van der Waals surface area contributed by atoms with Crippen molar-refractivity contribution in [3.05, 3.63) is 101 Å². The number of halogens is 1. The molecule has 1 fully saturated rings. The van der Waals surface area contributed by atoms with E-state index >= 15 is 0 Å². The molecule has 2 aliphatic rings. The molecule has 13 nitrogen and oxygen atoms in total. The second kappa shape index (κ2) is 16.6. The first kappa shape index (κ1) is 37.5. The molecule has 53 heavy (non-hydrogen) atoms. The number of piperidine rings is 1. The fourth-order valence-electron chi connectivity index (χ4n) is 6.40. The van der Waals surface area contributed by atoms with Gasteiger partial charge in [0.05, 0.1) is 29.3 Å². The van der Waals surface area contributed by atoms with Crippen LogP contribution in [-0.2, 0) is 28.0 Å². The van der Waals surface area contributed by atoms with Crippen LogP contribution in [0.15, 0.2) is 72.9 Å². The summed E-state index contributed by atoms with van der Waals surface area (Å²) in [7, 11) is 0. The minimum absolute atomic E-state index is 0.0770. The molecule has 6 rings (SSSR count). The van der Waals surface area contributed by atoms with Crippen LogP contribution in [0.2, 0.25) is 0 Å². The highest BCUT2D eigenvalue weighted by atomic mass is 35.5. The third kappa shape index (κ3) is 8.86. The highest BCUT2D eigenvalue weighted by Gasteiger charge is 2.44. The van der Waals surface area contributed by atoms with Crippen LogP contribution >= 0.6 is 11.6 Å². The quantitative estimate of drug-likeness (QED) is 0.0797. The number of ether oxygens (including phenoxy) is 2. The van der Waals surface area contributed by atoms with Gasteiger partial charge in [-0.15, -0.1) is 16.7 Å². The lowest BCUT2D eigenvalue weighted by Crippen LogP contribution is -2.54. The van der Waals surface area contributed by atoms with E-state index in [9.17, 15) is 24.3 Å². The van der Waals surface area contributed by atoms with Gasteiger partial charge in [0.15, 0.2) is 0 Å². The lowest BCUT2D eigenvalue weighted by atomic mass is 9.78. The topological polar surface area (TPSA) is 165 Å². The molecule has 4 aromatic rings. The average molecular weight is 743 g/mol. The number of alkyl halides is 1. The molecule has 1 saturated heterocycles. The van der Waals surface area contributed by atoms with E-state index in [2.05, 4.69) is 46.9 Å². The molecule has 0 aliphatic carbocycles. The first-order valence-corrected chi connectivity index (χ1v) is 18.3. The van der Waals surface area contributed by atoms with E-state index in [-0.39, 0.29) is 41.9 Å². The van der Waals surface area contributed by atoms with Crippen LogP contribution in [0, 0.1) is 0 Å². The molecule has 3 aromatic carbocycles. The van der Waals surface area contributed by atoms with Crippen LogP contribution in [-0.4, -0.2) is 86.4 Å². The van der Waals surface area contributed by atoms with Crippen LogP contribution in [0.25, 0.3) is 0 Å². The van der Waals surface area contributed by atoms with Gasteiger partial charge in [-0.05, 0) is 79.3 Å². The molecule has 4 amide bonds. The molecule has 2 aliphatic heterocycles. The number of anilines is 1. The van der Waals surface area contributed by atoms with Crippen LogP contribution < -0.4 is 20.1 Å². The number of aliphatic hydroxyl groups excluding tert-OH is 1. The summed E-state index contributed by atoms with van der Waals surface area (Å²) in [6.45, 7) is 6.27. The largest absolute Gasteiger partial charge is 0.494 e. The second-order valence-corrected chi connectivity index (χ2v) is 14.0. The van der Waals surface area contributed by atoms with Gasteiger partial charge in [0.25, 0.3) is 11.8 Å². The summed E-state index contributed by atoms with van der Waals surface area (Å²) < 4.78 is 13.4. The number of rotatable bonds is 17. The second-order valence-electron chi connectivity index (χ2n) is 13.7. The zero-order valence-corrected chi connectivity index (χ0v) is 30.5. The van der Waals surface area contributed by atoms with Gasteiger partial charge < -0.3 is 19.9 Å². The van der Waals surface area contributed by atoms with Crippen molar-refractivity contribution in [2.24, 2.45) is 0 Å². The number of imide groups is 2. The summed E-state index contributed by atoms with van der Waals surface area (Å²) in [6.07, 6.45) is 3.68. The van der Waals surface area contributed by atoms with Crippen molar-refractivity contribution in [3.8, 4) is 11.5 Å². The molecular formula is C39H43ClN6O7. The molecule has 1 aromatic heterocycles. The fourth-order valence-corrected chi connectivity index (χ4v) is 6.49. The number of carbonyl (C=O) groups is 4. The molecule has 0 saturated carbocycles. The SMILES string of the molecule is CC(C)(c1ccc(OCCCc2cn(CCCNc3ccc4c(c3)C(=O)N(C3CCC(=O)NC3=O)C4=O)nn2)cc1)c1ccc(OC[C@H](O)CCl)cc1. The van der Waals surface area contributed by atoms with Crippen LogP contribution in [0.5, 0.6) is 11.5 Å². The smallest absolute Gasteiger partial charge is 0.262 e. The molecular weight excluding hydrogens is 700 g/mol. The van der Waals surface area contributed by atoms with Crippen molar-refractivity contribution in [1.82, 2.24) is 25.2 Å². The van der Waals surface area contributed by atoms with E-state index in [1.54, 1.807) is 22.9 Å². The number of amides is 4. The monoisotopic (exact) mass is 742 g/mol. The van der Waals surface area contributed by atoms with Gasteiger partial charge in [-0.3, -0.25) is 34.1 Å². The Labute approximate surface area is 312 Å². The molecule has 0 spiro atoms. The van der Waals surface area contributed by atoms with Crippen LogP contribution in [0.1, 0.15) is 77.1 Å². The third-order valence-electron chi connectivity index (χ3n) is 9.54. The number of nitrogens with one attached hydrogen (secondary N) is 2. The first-order chi connectivity index (χ1) is 25.5. The van der Waals surface area contributed by atoms with E-state index in [4.69, 9.17) is 21.1 Å². The summed E-state index contributed by atoms with van der Waals surface area (Å²) in [5.74, 6) is -0.481. The Balaban J connectivity index is 0.900. The summed E-state index contributed by atoms with van der Waals surface area (Å²) in [5, 5.41) is 23.6. The Hall–Kier alpha value is -5.27. The predicted octanol–water partition coefficient (Wildman–Crippen LogP) is 4.50. The molecule has 0 radical (unpaired) electrons. The normalized spacial score (nSPS) is 16.4. The maximum absolute atomic E-state index is 13.1. The zero-order valence-electron chi connectivity index (χ0n) is 29.7. The number of aliphatic hydroxyl groups is 1. The average Bonchev–Trinajstić information content (AvgIpc) is 3.72. The van der Waals surface area contributed by atoms with Gasteiger partial charge in [-0.1, -0.05) is 43.3 Å². The van der Waals surface area contributed by atoms with E-state index in [0.29, 0.717) is 31.1 Å². The Morgan fingerprint density at radius 1 is 0.943 bits per heavy atom. The van der Waals surface area contributed by atoms with Crippen molar-refractivity contribution in [1.29, 1.82) is 0 Å². The van der Waals surface area contributed by atoms with Gasteiger partial charge in [-0.25, -0.2) is 0 Å². The van der Waals surface area contributed by atoms with E-state index in [0.717, 1.165) is 46.7 Å². The molecule has 3 N–H and O–H groups in total. The highest BCUT2D eigenvalue weighted by molar-refractivity contribution is 6.23. The van der Waals surface area contributed by atoms with Crippen molar-refractivity contribution in [2.45, 2.75) is 70.1 Å². The van der Waals surface area contributed by atoms with Gasteiger partial charge in [0.2, 0.25) is 11.8 Å². The summed E-state index contributed by atoms with van der Waals surface area (Å²) in [5.41, 5.74) is 4.11. The van der Waals surface area contributed by atoms with Gasteiger partial charge in [-0.2, -0.15) is 0 Å². The van der Waals surface area contributed by atoms with E-state index in [1.807, 2.05) is 42.6 Å². The number of carbonyl (C=O) groups excluding carboxylic acids is 4. The van der Waals surface area contributed by atoms with E-state index < -0.39 is 35.8 Å². The number of aryl methyl sites for hydroxylation is 2. The number of hydrogen-bond donors (Lipinski definition) is 3. The Kier molecular flexibility index (Phi) is 11.7. The van der Waals surface area contributed by atoms with Crippen LogP contribution in [0.4, 0.5) is 5.69 Å². The lowest BCUT2D eigenvalue weighted by Gasteiger charge is -2.27. The summed E-state index contributed by atoms with van der Waals surface area (Å²) in [6, 6.07) is 20.0. The summed E-state index contributed by atoms with van der Waals surface area (Å²) in [4.78, 5) is 50.8. The number of hydrogen-bond acceptors (Lipinski definition) is 10. The Morgan fingerprint density at radius 2 is 1.62 bits per heavy atom. The van der Waals surface area contributed by atoms with E-state index in [1.165, 1.54) is 0 Å². The van der Waals surface area contributed by atoms with Crippen molar-refractivity contribution < 1.29 is 33.8 Å². The van der Waals surface area contributed by atoms with Gasteiger partial charge >= 0.3 is 0 Å². The molecule has 14 heteroatoms. The fraction of sp³-hybridized carbons (Fsp3) is 0.385. The molecule has 2 atom stereocenters. The zero-order chi connectivity index (χ0) is 37.5. The number of benzene rings is 3. The number of aromatic nitrogens is 3. The minimum Gasteiger partial charge on any atom is -0.494 e. The maximum atomic E-state index is 13.1. The van der Waals surface area contributed by atoms with Gasteiger partial charge in [0, 0.05) is 36.8 Å². The predicted molar refractivity (Wildman–Crippen MR) is 197 cm³/mol. The first-order valence-electron chi connectivity index (χ1n) is 17.7.